The van der Waals surface area contributed by atoms with Crippen LogP contribution in [0.4, 0.5) is 0 Å². The Balaban J connectivity index is 1.43. The van der Waals surface area contributed by atoms with E-state index >= 15 is 0 Å². The first-order valence-corrected chi connectivity index (χ1v) is 11.8. The summed E-state index contributed by atoms with van der Waals surface area (Å²) in [6, 6.07) is 10.8. The SMILES string of the molecule is CCC(C)(C)C(=O)N1CCC(N2CCC[C@@H](C(=O)NCCc3ccccc3)C2)CC1. The van der Waals surface area contributed by atoms with E-state index in [9.17, 15) is 9.59 Å². The lowest BCUT2D eigenvalue weighted by atomic mass is 9.87. The zero-order valence-electron chi connectivity index (χ0n) is 19.0. The number of carbonyl (C=O) groups excluding carboxylic acids is 2. The molecule has 2 heterocycles. The van der Waals surface area contributed by atoms with Crippen LogP contribution >= 0.6 is 0 Å². The molecule has 0 radical (unpaired) electrons. The molecule has 2 saturated heterocycles. The minimum absolute atomic E-state index is 0.0909. The predicted octanol–water partition coefficient (Wildman–Crippen LogP) is 3.48. The maximum Gasteiger partial charge on any atom is 0.228 e. The Labute approximate surface area is 182 Å². The minimum Gasteiger partial charge on any atom is -0.355 e. The smallest absolute Gasteiger partial charge is 0.228 e. The summed E-state index contributed by atoms with van der Waals surface area (Å²) in [6.45, 7) is 10.5. The number of hydrogen-bond acceptors (Lipinski definition) is 3. The van der Waals surface area contributed by atoms with Crippen molar-refractivity contribution in [3.63, 3.8) is 0 Å². The fourth-order valence-electron chi connectivity index (χ4n) is 4.68. The van der Waals surface area contributed by atoms with E-state index in [1.807, 2.05) is 32.0 Å². The Morgan fingerprint density at radius 1 is 1.07 bits per heavy atom. The van der Waals surface area contributed by atoms with Gasteiger partial charge in [0.15, 0.2) is 0 Å². The van der Waals surface area contributed by atoms with Gasteiger partial charge in [0.1, 0.15) is 0 Å². The first kappa shape index (κ1) is 22.8. The van der Waals surface area contributed by atoms with Crippen LogP contribution in [0.15, 0.2) is 30.3 Å². The van der Waals surface area contributed by atoms with Gasteiger partial charge in [0, 0.05) is 37.6 Å². The van der Waals surface area contributed by atoms with Crippen molar-refractivity contribution < 1.29 is 9.59 Å². The topological polar surface area (TPSA) is 52.7 Å². The van der Waals surface area contributed by atoms with Crippen LogP contribution in [-0.4, -0.2) is 60.4 Å². The molecule has 5 heteroatoms. The summed E-state index contributed by atoms with van der Waals surface area (Å²) in [5.41, 5.74) is 0.997. The second-order valence-electron chi connectivity index (χ2n) is 9.62. The van der Waals surface area contributed by atoms with Gasteiger partial charge in [0.05, 0.1) is 5.92 Å². The fourth-order valence-corrected chi connectivity index (χ4v) is 4.68. The van der Waals surface area contributed by atoms with Gasteiger partial charge in [-0.25, -0.2) is 0 Å². The third-order valence-corrected chi connectivity index (χ3v) is 7.11. The number of hydrogen-bond donors (Lipinski definition) is 1. The number of rotatable bonds is 7. The van der Waals surface area contributed by atoms with Gasteiger partial charge in [-0.3, -0.25) is 14.5 Å². The van der Waals surface area contributed by atoms with Crippen LogP contribution in [-0.2, 0) is 16.0 Å². The highest BCUT2D eigenvalue weighted by Crippen LogP contribution is 2.28. The Morgan fingerprint density at radius 3 is 2.43 bits per heavy atom. The first-order chi connectivity index (χ1) is 14.4. The Bertz CT molecular complexity index is 696. The van der Waals surface area contributed by atoms with Crippen LogP contribution in [0.25, 0.3) is 0 Å². The zero-order valence-corrected chi connectivity index (χ0v) is 19.0. The molecule has 1 N–H and O–H groups in total. The Morgan fingerprint density at radius 2 is 1.77 bits per heavy atom. The molecule has 30 heavy (non-hydrogen) atoms. The molecule has 1 atom stereocenters. The van der Waals surface area contributed by atoms with Crippen molar-refractivity contribution in [2.75, 3.05) is 32.7 Å². The summed E-state index contributed by atoms with van der Waals surface area (Å²) in [5.74, 6) is 0.582. The summed E-state index contributed by atoms with van der Waals surface area (Å²) >= 11 is 0. The quantitative estimate of drug-likeness (QED) is 0.745. The molecule has 0 aromatic heterocycles. The lowest BCUT2D eigenvalue weighted by Gasteiger charge is -2.43. The van der Waals surface area contributed by atoms with E-state index in [4.69, 9.17) is 0 Å². The third-order valence-electron chi connectivity index (χ3n) is 7.11. The normalized spacial score (nSPS) is 21.4. The van der Waals surface area contributed by atoms with E-state index in [1.165, 1.54) is 5.56 Å². The Kier molecular flexibility index (Phi) is 7.93. The second-order valence-corrected chi connectivity index (χ2v) is 9.62. The van der Waals surface area contributed by atoms with Crippen molar-refractivity contribution in [3.8, 4) is 0 Å². The molecule has 0 saturated carbocycles. The monoisotopic (exact) mass is 413 g/mol. The molecule has 0 bridgehead atoms. The number of carbonyl (C=O) groups is 2. The van der Waals surface area contributed by atoms with Crippen molar-refractivity contribution >= 4 is 11.8 Å². The standard InChI is InChI=1S/C25H39N3O2/c1-4-25(2,3)24(30)27-17-13-22(14-18-27)28-16-8-11-21(19-28)23(29)26-15-12-20-9-6-5-7-10-20/h5-7,9-10,21-22H,4,8,11-19H2,1-3H3,(H,26,29)/t21-/m1/s1. The van der Waals surface area contributed by atoms with Crippen LogP contribution in [0, 0.1) is 11.3 Å². The van der Waals surface area contributed by atoms with Crippen LogP contribution in [0.3, 0.4) is 0 Å². The van der Waals surface area contributed by atoms with Gasteiger partial charge < -0.3 is 10.2 Å². The molecule has 3 rings (SSSR count). The Hall–Kier alpha value is -1.88. The van der Waals surface area contributed by atoms with Crippen molar-refractivity contribution in [1.82, 2.24) is 15.1 Å². The fraction of sp³-hybridized carbons (Fsp3) is 0.680. The molecule has 5 nitrogen and oxygen atoms in total. The molecular formula is C25H39N3O2. The average Bonchev–Trinajstić information content (AvgIpc) is 2.79. The zero-order chi connectivity index (χ0) is 21.6. The van der Waals surface area contributed by atoms with E-state index in [0.717, 1.165) is 64.7 Å². The van der Waals surface area contributed by atoms with E-state index in [1.54, 1.807) is 0 Å². The summed E-state index contributed by atoms with van der Waals surface area (Å²) < 4.78 is 0. The number of piperidine rings is 2. The van der Waals surface area contributed by atoms with E-state index in [-0.39, 0.29) is 23.1 Å². The highest BCUT2D eigenvalue weighted by molar-refractivity contribution is 5.82. The van der Waals surface area contributed by atoms with Crippen molar-refractivity contribution in [1.29, 1.82) is 0 Å². The van der Waals surface area contributed by atoms with E-state index in [0.29, 0.717) is 12.6 Å². The molecule has 2 fully saturated rings. The van der Waals surface area contributed by atoms with Gasteiger partial charge in [-0.2, -0.15) is 0 Å². The van der Waals surface area contributed by atoms with Crippen LogP contribution in [0.5, 0.6) is 0 Å². The largest absolute Gasteiger partial charge is 0.355 e. The predicted molar refractivity (Wildman–Crippen MR) is 121 cm³/mol. The number of amides is 2. The molecular weight excluding hydrogens is 374 g/mol. The number of benzene rings is 1. The second kappa shape index (κ2) is 10.4. The van der Waals surface area contributed by atoms with Gasteiger partial charge in [-0.1, -0.05) is 51.1 Å². The highest BCUT2D eigenvalue weighted by Gasteiger charge is 2.35. The summed E-state index contributed by atoms with van der Waals surface area (Å²) in [5, 5.41) is 3.15. The van der Waals surface area contributed by atoms with Crippen LogP contribution in [0.1, 0.15) is 58.4 Å². The summed E-state index contributed by atoms with van der Waals surface area (Å²) in [4.78, 5) is 30.0. The van der Waals surface area contributed by atoms with Gasteiger partial charge in [-0.15, -0.1) is 0 Å². The molecule has 2 amide bonds. The molecule has 2 aliphatic heterocycles. The highest BCUT2D eigenvalue weighted by atomic mass is 16.2. The maximum atomic E-state index is 12.7. The van der Waals surface area contributed by atoms with E-state index < -0.39 is 0 Å². The third kappa shape index (κ3) is 5.84. The minimum atomic E-state index is -0.263. The molecule has 166 valence electrons. The summed E-state index contributed by atoms with van der Waals surface area (Å²) in [6.07, 6.45) is 5.86. The summed E-state index contributed by atoms with van der Waals surface area (Å²) in [7, 11) is 0. The number of likely N-dealkylation sites (tertiary alicyclic amines) is 2. The van der Waals surface area contributed by atoms with Gasteiger partial charge in [0.25, 0.3) is 0 Å². The molecule has 0 aliphatic carbocycles. The maximum absolute atomic E-state index is 12.7. The average molecular weight is 414 g/mol. The van der Waals surface area contributed by atoms with Crippen molar-refractivity contribution in [2.45, 2.75) is 65.3 Å². The van der Waals surface area contributed by atoms with Crippen LogP contribution in [0.2, 0.25) is 0 Å². The molecule has 0 unspecified atom stereocenters. The first-order valence-electron chi connectivity index (χ1n) is 11.8. The van der Waals surface area contributed by atoms with Crippen molar-refractivity contribution in [3.05, 3.63) is 35.9 Å². The van der Waals surface area contributed by atoms with Gasteiger partial charge >= 0.3 is 0 Å². The number of nitrogens with zero attached hydrogens (tertiary/aromatic N) is 2. The molecule has 0 spiro atoms. The van der Waals surface area contributed by atoms with E-state index in [2.05, 4.69) is 34.2 Å². The lowest BCUT2D eigenvalue weighted by molar-refractivity contribution is -0.142. The molecule has 1 aromatic rings. The number of nitrogens with one attached hydrogen (secondary N) is 1. The van der Waals surface area contributed by atoms with Gasteiger partial charge in [-0.05, 0) is 50.6 Å². The van der Waals surface area contributed by atoms with Gasteiger partial charge in [0.2, 0.25) is 11.8 Å². The molecule has 1 aromatic carbocycles. The van der Waals surface area contributed by atoms with Crippen LogP contribution < -0.4 is 5.32 Å². The molecule has 2 aliphatic rings. The lowest BCUT2D eigenvalue weighted by Crippen LogP contribution is -2.53. The van der Waals surface area contributed by atoms with Crippen molar-refractivity contribution in [2.24, 2.45) is 11.3 Å².